The van der Waals surface area contributed by atoms with E-state index < -0.39 is 0 Å². The number of anilines is 2. The highest BCUT2D eigenvalue weighted by Gasteiger charge is 2.30. The Hall–Kier alpha value is -2.42. The highest BCUT2D eigenvalue weighted by atomic mass is 35.5. The van der Waals surface area contributed by atoms with Gasteiger partial charge in [0.15, 0.2) is 17.3 Å². The molecule has 0 unspecified atom stereocenters. The number of aromatic nitrogens is 4. The van der Waals surface area contributed by atoms with Crippen LogP contribution in [0.1, 0.15) is 19.8 Å². The van der Waals surface area contributed by atoms with Crippen LogP contribution in [0.3, 0.4) is 0 Å². The molecule has 0 atom stereocenters. The van der Waals surface area contributed by atoms with Gasteiger partial charge in [0.05, 0.1) is 10.0 Å². The van der Waals surface area contributed by atoms with E-state index >= 15 is 0 Å². The summed E-state index contributed by atoms with van der Waals surface area (Å²) in [5.41, 5.74) is 13.8. The molecule has 1 aromatic carbocycles. The first kappa shape index (κ1) is 18.9. The first-order valence-electron chi connectivity index (χ1n) is 8.78. The number of nitrogens with two attached hydrogens (primary N) is 2. The van der Waals surface area contributed by atoms with E-state index in [4.69, 9.17) is 44.1 Å². The molecule has 0 bridgehead atoms. The van der Waals surface area contributed by atoms with Crippen molar-refractivity contribution in [3.8, 4) is 22.8 Å². The third-order valence-corrected chi connectivity index (χ3v) is 5.70. The zero-order valence-electron chi connectivity index (χ0n) is 15.2. The maximum absolute atomic E-state index is 6.37. The van der Waals surface area contributed by atoms with Crippen LogP contribution in [0.2, 0.25) is 10.0 Å². The van der Waals surface area contributed by atoms with Crippen LogP contribution in [0.15, 0.2) is 29.0 Å². The Morgan fingerprint density at radius 1 is 1.14 bits per heavy atom. The summed E-state index contributed by atoms with van der Waals surface area (Å²) in [6.07, 6.45) is 2.88. The highest BCUT2D eigenvalue weighted by Crippen LogP contribution is 2.38. The summed E-state index contributed by atoms with van der Waals surface area (Å²) in [6, 6.07) is 5.26. The van der Waals surface area contributed by atoms with Gasteiger partial charge in [-0.05, 0) is 25.8 Å². The molecule has 3 aromatic rings. The fourth-order valence-corrected chi connectivity index (χ4v) is 3.58. The molecule has 0 aliphatic carbocycles. The summed E-state index contributed by atoms with van der Waals surface area (Å²) in [5, 5.41) is 8.53. The maximum Gasteiger partial charge on any atom is 0.269 e. The Bertz CT molecular complexity index is 997. The number of hydrogen-bond donors (Lipinski definition) is 2. The summed E-state index contributed by atoms with van der Waals surface area (Å²) in [7, 11) is 0. The average Bonchev–Trinajstić information content (AvgIpc) is 3.19. The second-order valence-electron chi connectivity index (χ2n) is 7.12. The van der Waals surface area contributed by atoms with Crippen LogP contribution in [-0.4, -0.2) is 38.8 Å². The Labute approximate surface area is 171 Å². The lowest BCUT2D eigenvalue weighted by molar-refractivity contribution is 0.363. The summed E-state index contributed by atoms with van der Waals surface area (Å²) in [6.45, 7) is 3.49. The van der Waals surface area contributed by atoms with E-state index in [1.54, 1.807) is 18.2 Å². The van der Waals surface area contributed by atoms with Crippen LogP contribution in [0.25, 0.3) is 22.8 Å². The van der Waals surface area contributed by atoms with E-state index in [-0.39, 0.29) is 17.2 Å². The van der Waals surface area contributed by atoms with Crippen molar-refractivity contribution >= 4 is 34.8 Å². The van der Waals surface area contributed by atoms with Crippen molar-refractivity contribution in [3.63, 3.8) is 0 Å². The van der Waals surface area contributed by atoms with Crippen LogP contribution in [0.4, 0.5) is 11.6 Å². The van der Waals surface area contributed by atoms with Gasteiger partial charge in [-0.2, -0.15) is 0 Å². The van der Waals surface area contributed by atoms with Gasteiger partial charge in [-0.3, -0.25) is 0 Å². The molecule has 2 aromatic heterocycles. The van der Waals surface area contributed by atoms with E-state index in [0.717, 1.165) is 25.9 Å². The smallest absolute Gasteiger partial charge is 0.269 e. The lowest BCUT2D eigenvalue weighted by Gasteiger charge is -2.37. The van der Waals surface area contributed by atoms with Crippen molar-refractivity contribution in [1.29, 1.82) is 0 Å². The number of nitrogens with zero attached hydrogens (tertiary/aromatic N) is 5. The van der Waals surface area contributed by atoms with Crippen LogP contribution in [0.5, 0.6) is 0 Å². The second kappa shape index (κ2) is 7.20. The Balaban J connectivity index is 1.84. The third-order valence-electron chi connectivity index (χ3n) is 4.88. The molecule has 4 N–H and O–H groups in total. The molecule has 1 aliphatic heterocycles. The number of piperidine rings is 1. The van der Waals surface area contributed by atoms with E-state index in [1.807, 2.05) is 6.92 Å². The van der Waals surface area contributed by atoms with Gasteiger partial charge in [0, 0.05) is 24.2 Å². The SMILES string of the molecule is CC1(N)CCN(c2nc(N)c(-c3cccc(Cl)c3Cl)nc2-c2nnco2)CC1. The highest BCUT2D eigenvalue weighted by molar-refractivity contribution is 6.43. The first-order valence-corrected chi connectivity index (χ1v) is 9.53. The predicted octanol–water partition coefficient (Wildman–Crippen LogP) is 3.40. The predicted molar refractivity (Wildman–Crippen MR) is 109 cm³/mol. The molecule has 0 radical (unpaired) electrons. The molecular weight excluding hydrogens is 401 g/mol. The molecule has 4 rings (SSSR count). The van der Waals surface area contributed by atoms with Crippen molar-refractivity contribution in [1.82, 2.24) is 20.2 Å². The van der Waals surface area contributed by atoms with Crippen LogP contribution in [-0.2, 0) is 0 Å². The van der Waals surface area contributed by atoms with Crippen molar-refractivity contribution in [2.24, 2.45) is 5.73 Å². The summed E-state index contributed by atoms with van der Waals surface area (Å²) < 4.78 is 5.40. The first-order chi connectivity index (χ1) is 13.4. The van der Waals surface area contributed by atoms with Crippen LogP contribution >= 0.6 is 23.2 Å². The van der Waals surface area contributed by atoms with Gasteiger partial charge in [-0.15, -0.1) is 10.2 Å². The molecule has 1 fully saturated rings. The van der Waals surface area contributed by atoms with Crippen molar-refractivity contribution < 1.29 is 4.42 Å². The summed E-state index contributed by atoms with van der Waals surface area (Å²) in [4.78, 5) is 11.4. The van der Waals surface area contributed by atoms with E-state index in [0.29, 0.717) is 32.8 Å². The van der Waals surface area contributed by atoms with Crippen molar-refractivity contribution in [2.45, 2.75) is 25.3 Å². The zero-order valence-corrected chi connectivity index (χ0v) is 16.7. The molecule has 0 saturated carbocycles. The van der Waals surface area contributed by atoms with Gasteiger partial charge in [-0.25, -0.2) is 9.97 Å². The fraction of sp³-hybridized carbons (Fsp3) is 0.333. The van der Waals surface area contributed by atoms with Gasteiger partial charge in [-0.1, -0.05) is 35.3 Å². The lowest BCUT2D eigenvalue weighted by Crippen LogP contribution is -2.48. The molecule has 0 amide bonds. The number of hydrogen-bond acceptors (Lipinski definition) is 8. The molecule has 28 heavy (non-hydrogen) atoms. The Morgan fingerprint density at radius 2 is 1.89 bits per heavy atom. The van der Waals surface area contributed by atoms with E-state index in [1.165, 1.54) is 6.39 Å². The topological polar surface area (TPSA) is 120 Å². The molecular formula is C18H19Cl2N7O. The van der Waals surface area contributed by atoms with Crippen LogP contribution < -0.4 is 16.4 Å². The Kier molecular flexibility index (Phi) is 4.86. The monoisotopic (exact) mass is 419 g/mol. The van der Waals surface area contributed by atoms with Crippen LogP contribution in [0, 0.1) is 0 Å². The lowest BCUT2D eigenvalue weighted by atomic mass is 9.91. The van der Waals surface area contributed by atoms with Gasteiger partial charge < -0.3 is 20.8 Å². The average molecular weight is 420 g/mol. The number of benzene rings is 1. The quantitative estimate of drug-likeness (QED) is 0.662. The third kappa shape index (κ3) is 3.50. The number of rotatable bonds is 3. The molecule has 3 heterocycles. The van der Waals surface area contributed by atoms with Crippen molar-refractivity contribution in [2.75, 3.05) is 23.7 Å². The minimum atomic E-state index is -0.200. The standard InChI is InChI=1S/C18H19Cl2N7O/c1-18(22)5-7-27(8-6-18)16-14(17-26-23-9-28-17)24-13(15(21)25-16)10-3-2-4-11(19)12(10)20/h2-4,9H,5-8,22H2,1H3,(H2,21,25). The van der Waals surface area contributed by atoms with Crippen molar-refractivity contribution in [3.05, 3.63) is 34.6 Å². The minimum absolute atomic E-state index is 0.200. The minimum Gasteiger partial charge on any atom is -0.422 e. The second-order valence-corrected chi connectivity index (χ2v) is 7.90. The summed E-state index contributed by atoms with van der Waals surface area (Å²) >= 11 is 12.5. The molecule has 8 nitrogen and oxygen atoms in total. The number of nitrogen functional groups attached to an aromatic ring is 1. The number of halogens is 2. The zero-order chi connectivity index (χ0) is 19.9. The molecule has 146 valence electrons. The van der Waals surface area contributed by atoms with Gasteiger partial charge in [0.25, 0.3) is 5.89 Å². The molecule has 0 spiro atoms. The summed E-state index contributed by atoms with van der Waals surface area (Å²) in [5.74, 6) is 1.07. The van der Waals surface area contributed by atoms with Gasteiger partial charge in [0.2, 0.25) is 6.39 Å². The van der Waals surface area contributed by atoms with Gasteiger partial charge in [0.1, 0.15) is 5.69 Å². The normalized spacial score (nSPS) is 16.4. The fourth-order valence-electron chi connectivity index (χ4n) is 3.19. The molecule has 10 heteroatoms. The largest absolute Gasteiger partial charge is 0.422 e. The van der Waals surface area contributed by atoms with Gasteiger partial charge >= 0.3 is 0 Å². The Morgan fingerprint density at radius 3 is 2.57 bits per heavy atom. The maximum atomic E-state index is 6.37. The van der Waals surface area contributed by atoms with E-state index in [2.05, 4.69) is 20.1 Å². The van der Waals surface area contributed by atoms with E-state index in [9.17, 15) is 0 Å². The molecule has 1 aliphatic rings. The molecule has 1 saturated heterocycles.